The number of nitrogens with zero attached hydrogens (tertiary/aromatic N) is 2. The van der Waals surface area contributed by atoms with E-state index in [1.165, 1.54) is 9.44 Å². The molecule has 0 atom stereocenters. The van der Waals surface area contributed by atoms with Gasteiger partial charge in [0.15, 0.2) is 0 Å². The van der Waals surface area contributed by atoms with Crippen LogP contribution in [-0.4, -0.2) is 15.7 Å². The average molecular weight is 385 g/mol. The van der Waals surface area contributed by atoms with E-state index in [-0.39, 0.29) is 11.2 Å². The maximum atomic E-state index is 13.4. The number of hydrogen-bond acceptors (Lipinski definition) is 4. The molecule has 0 spiro atoms. The summed E-state index contributed by atoms with van der Waals surface area (Å²) in [6, 6.07) is 7.19. The normalized spacial score (nSPS) is 13.7. The standard InChI is InChI=1S/C21H24N2O3S/c1-3-13-22-20-18(16-7-5-6-8-17(16)27-20)19(24)23(21(22)25)14-9-11-15(12-10-14)26-4-2/h9-12H,3-8,13H2,1-2H3. The Morgan fingerprint density at radius 2 is 1.81 bits per heavy atom. The first-order chi connectivity index (χ1) is 13.2. The van der Waals surface area contributed by atoms with Crippen LogP contribution in [0.5, 0.6) is 5.75 Å². The van der Waals surface area contributed by atoms with Crippen molar-refractivity contribution in [3.63, 3.8) is 0 Å². The van der Waals surface area contributed by atoms with Gasteiger partial charge in [0.1, 0.15) is 10.6 Å². The first kappa shape index (κ1) is 18.0. The number of aromatic nitrogens is 2. The van der Waals surface area contributed by atoms with Crippen LogP contribution >= 0.6 is 11.3 Å². The molecule has 0 N–H and O–H groups in total. The van der Waals surface area contributed by atoms with E-state index < -0.39 is 0 Å². The van der Waals surface area contributed by atoms with Gasteiger partial charge in [0.25, 0.3) is 5.56 Å². The maximum Gasteiger partial charge on any atom is 0.336 e. The Hall–Kier alpha value is -2.34. The zero-order chi connectivity index (χ0) is 19.0. The van der Waals surface area contributed by atoms with Crippen LogP contribution in [0.4, 0.5) is 0 Å². The SMILES string of the molecule is CCCn1c(=O)n(-c2ccc(OCC)cc2)c(=O)c2c3c(sc21)CCCC3. The van der Waals surface area contributed by atoms with E-state index in [4.69, 9.17) is 4.74 Å². The van der Waals surface area contributed by atoms with Gasteiger partial charge in [-0.1, -0.05) is 6.92 Å². The van der Waals surface area contributed by atoms with Crippen LogP contribution in [0.1, 0.15) is 43.6 Å². The molecule has 4 rings (SSSR count). The van der Waals surface area contributed by atoms with Crippen molar-refractivity contribution in [3.8, 4) is 11.4 Å². The predicted octanol–water partition coefficient (Wildman–Crippen LogP) is 3.90. The Balaban J connectivity index is 2.00. The van der Waals surface area contributed by atoms with Crippen molar-refractivity contribution < 1.29 is 4.74 Å². The molecule has 1 aliphatic rings. The molecule has 3 aromatic rings. The Kier molecular flexibility index (Phi) is 4.91. The highest BCUT2D eigenvalue weighted by molar-refractivity contribution is 7.18. The summed E-state index contributed by atoms with van der Waals surface area (Å²) < 4.78 is 8.60. The largest absolute Gasteiger partial charge is 0.494 e. The molecule has 1 aliphatic carbocycles. The molecule has 0 radical (unpaired) electrons. The number of thiophene rings is 1. The molecule has 0 fully saturated rings. The molecule has 5 nitrogen and oxygen atoms in total. The van der Waals surface area contributed by atoms with Crippen LogP contribution in [0, 0.1) is 0 Å². The van der Waals surface area contributed by atoms with E-state index in [1.54, 1.807) is 28.0 Å². The van der Waals surface area contributed by atoms with E-state index in [9.17, 15) is 9.59 Å². The van der Waals surface area contributed by atoms with Crippen LogP contribution in [0.25, 0.3) is 15.9 Å². The third kappa shape index (κ3) is 3.02. The zero-order valence-corrected chi connectivity index (χ0v) is 16.6. The number of ether oxygens (including phenoxy) is 1. The van der Waals surface area contributed by atoms with Gasteiger partial charge in [-0.05, 0) is 68.9 Å². The molecule has 0 aliphatic heterocycles. The molecule has 2 aromatic heterocycles. The summed E-state index contributed by atoms with van der Waals surface area (Å²) >= 11 is 1.64. The second-order valence-electron chi connectivity index (χ2n) is 6.89. The molecule has 1 aromatic carbocycles. The molecular weight excluding hydrogens is 360 g/mol. The van der Waals surface area contributed by atoms with Gasteiger partial charge in [-0.2, -0.15) is 0 Å². The number of rotatable bonds is 5. The summed E-state index contributed by atoms with van der Waals surface area (Å²) in [5, 5.41) is 0.747. The van der Waals surface area contributed by atoms with Crippen molar-refractivity contribution in [2.45, 2.75) is 52.5 Å². The minimum Gasteiger partial charge on any atom is -0.494 e. The van der Waals surface area contributed by atoms with Crippen molar-refractivity contribution in [2.24, 2.45) is 0 Å². The van der Waals surface area contributed by atoms with Crippen LogP contribution in [0.15, 0.2) is 33.9 Å². The Bertz CT molecular complexity index is 1090. The van der Waals surface area contributed by atoms with Crippen LogP contribution < -0.4 is 16.0 Å². The molecule has 0 bridgehead atoms. The number of benzene rings is 1. The van der Waals surface area contributed by atoms with Crippen LogP contribution in [0.2, 0.25) is 0 Å². The fraction of sp³-hybridized carbons (Fsp3) is 0.429. The Morgan fingerprint density at radius 3 is 2.52 bits per heavy atom. The van der Waals surface area contributed by atoms with Crippen molar-refractivity contribution in [3.05, 3.63) is 55.5 Å². The lowest BCUT2D eigenvalue weighted by Crippen LogP contribution is -2.38. The summed E-state index contributed by atoms with van der Waals surface area (Å²) in [7, 11) is 0. The maximum absolute atomic E-state index is 13.4. The van der Waals surface area contributed by atoms with Crippen LogP contribution in [0.3, 0.4) is 0 Å². The highest BCUT2D eigenvalue weighted by Crippen LogP contribution is 2.34. The predicted molar refractivity (Wildman–Crippen MR) is 110 cm³/mol. The molecular formula is C21H24N2O3S. The van der Waals surface area contributed by atoms with Gasteiger partial charge in [0.05, 0.1) is 17.7 Å². The number of aryl methyl sites for hydroxylation is 3. The fourth-order valence-corrected chi connectivity index (χ4v) is 5.27. The topological polar surface area (TPSA) is 53.2 Å². The van der Waals surface area contributed by atoms with Gasteiger partial charge >= 0.3 is 5.69 Å². The fourth-order valence-electron chi connectivity index (χ4n) is 3.87. The van der Waals surface area contributed by atoms with Gasteiger partial charge in [-0.25, -0.2) is 9.36 Å². The van der Waals surface area contributed by atoms with Gasteiger partial charge in [0.2, 0.25) is 0 Å². The summed E-state index contributed by atoms with van der Waals surface area (Å²) in [6.07, 6.45) is 5.05. The summed E-state index contributed by atoms with van der Waals surface area (Å²) in [4.78, 5) is 28.7. The van der Waals surface area contributed by atoms with Gasteiger partial charge in [-0.3, -0.25) is 9.36 Å². The lowest BCUT2D eigenvalue weighted by atomic mass is 9.97. The second-order valence-corrected chi connectivity index (χ2v) is 7.98. The van der Waals surface area contributed by atoms with E-state index in [0.29, 0.717) is 18.8 Å². The second kappa shape index (κ2) is 7.35. The van der Waals surface area contributed by atoms with Gasteiger partial charge in [0, 0.05) is 11.4 Å². The zero-order valence-electron chi connectivity index (χ0n) is 15.8. The van der Waals surface area contributed by atoms with Gasteiger partial charge in [-0.15, -0.1) is 11.3 Å². The molecule has 27 heavy (non-hydrogen) atoms. The van der Waals surface area contributed by atoms with E-state index in [0.717, 1.165) is 53.6 Å². The van der Waals surface area contributed by atoms with E-state index in [2.05, 4.69) is 6.92 Å². The lowest BCUT2D eigenvalue weighted by molar-refractivity contribution is 0.340. The molecule has 0 saturated carbocycles. The van der Waals surface area contributed by atoms with Crippen molar-refractivity contribution in [2.75, 3.05) is 6.61 Å². The molecule has 0 amide bonds. The summed E-state index contributed by atoms with van der Waals surface area (Å²) in [5.41, 5.74) is 1.31. The number of fused-ring (bicyclic) bond motifs is 3. The lowest BCUT2D eigenvalue weighted by Gasteiger charge is -2.13. The molecule has 6 heteroatoms. The third-order valence-electron chi connectivity index (χ3n) is 5.09. The monoisotopic (exact) mass is 384 g/mol. The minimum absolute atomic E-state index is 0.189. The first-order valence-electron chi connectivity index (χ1n) is 9.69. The molecule has 142 valence electrons. The molecule has 0 unspecified atom stereocenters. The smallest absolute Gasteiger partial charge is 0.336 e. The van der Waals surface area contributed by atoms with Crippen molar-refractivity contribution >= 4 is 21.6 Å². The minimum atomic E-state index is -0.253. The first-order valence-corrected chi connectivity index (χ1v) is 10.5. The summed E-state index contributed by atoms with van der Waals surface area (Å²) in [5.74, 6) is 0.733. The Labute approximate surface area is 161 Å². The van der Waals surface area contributed by atoms with Gasteiger partial charge < -0.3 is 4.74 Å². The highest BCUT2D eigenvalue weighted by atomic mass is 32.1. The van der Waals surface area contributed by atoms with Crippen LogP contribution in [-0.2, 0) is 19.4 Å². The van der Waals surface area contributed by atoms with E-state index in [1.807, 2.05) is 19.1 Å². The molecule has 0 saturated heterocycles. The van der Waals surface area contributed by atoms with E-state index >= 15 is 0 Å². The van der Waals surface area contributed by atoms with Crippen molar-refractivity contribution in [1.29, 1.82) is 0 Å². The highest BCUT2D eigenvalue weighted by Gasteiger charge is 2.23. The molecule has 2 heterocycles. The quantitative estimate of drug-likeness (QED) is 0.670. The number of hydrogen-bond donors (Lipinski definition) is 0. The average Bonchev–Trinajstić information content (AvgIpc) is 3.06. The van der Waals surface area contributed by atoms with Crippen molar-refractivity contribution in [1.82, 2.24) is 9.13 Å². The third-order valence-corrected chi connectivity index (χ3v) is 6.40. The summed E-state index contributed by atoms with van der Waals surface area (Å²) in [6.45, 7) is 5.18. The Morgan fingerprint density at radius 1 is 1.07 bits per heavy atom.